The van der Waals surface area contributed by atoms with E-state index in [-0.39, 0.29) is 23.9 Å². The molecule has 0 spiro atoms. The van der Waals surface area contributed by atoms with Crippen LogP contribution in [-0.2, 0) is 19.0 Å². The molecular weight excluding hydrogens is 258 g/mol. The number of likely N-dealkylation sites (tertiary alicyclic amines) is 1. The predicted molar refractivity (Wildman–Crippen MR) is 75.8 cm³/mol. The molecule has 0 aliphatic carbocycles. The Morgan fingerprint density at radius 1 is 1.15 bits per heavy atom. The number of rotatable bonds is 4. The average molecular weight is 285 g/mol. The summed E-state index contributed by atoms with van der Waals surface area (Å²) < 4.78 is 16.8. The highest BCUT2D eigenvalue weighted by Gasteiger charge is 2.54. The van der Waals surface area contributed by atoms with Gasteiger partial charge in [-0.1, -0.05) is 0 Å². The van der Waals surface area contributed by atoms with Gasteiger partial charge in [-0.25, -0.2) is 0 Å². The minimum atomic E-state index is -0.685. The van der Waals surface area contributed by atoms with E-state index in [1.807, 2.05) is 27.7 Å². The van der Waals surface area contributed by atoms with Crippen LogP contribution < -0.4 is 0 Å². The van der Waals surface area contributed by atoms with Gasteiger partial charge < -0.3 is 14.2 Å². The Labute approximate surface area is 121 Å². The van der Waals surface area contributed by atoms with E-state index in [2.05, 4.69) is 4.90 Å². The van der Waals surface area contributed by atoms with Crippen molar-refractivity contribution in [3.8, 4) is 0 Å². The van der Waals surface area contributed by atoms with Crippen molar-refractivity contribution in [3.05, 3.63) is 0 Å². The molecular formula is C15H27NO4. The summed E-state index contributed by atoms with van der Waals surface area (Å²) in [4.78, 5) is 14.8. The average Bonchev–Trinajstić information content (AvgIpc) is 2.81. The number of carbonyl (C=O) groups is 1. The standard InChI is InChI=1S/C15H27NO4/c1-14(2)10(13(17)15(3,4)20-14)7-16-8-11(18-5)12(9-16)19-6/h10-12H,7-9H2,1-6H3. The molecule has 2 aliphatic heterocycles. The van der Waals surface area contributed by atoms with E-state index in [0.29, 0.717) is 6.54 Å². The molecule has 116 valence electrons. The third-order valence-corrected chi connectivity index (χ3v) is 4.60. The van der Waals surface area contributed by atoms with E-state index < -0.39 is 11.2 Å². The first-order chi connectivity index (χ1) is 9.21. The number of nitrogens with zero attached hydrogens (tertiary/aromatic N) is 1. The SMILES string of the molecule is COC1CN(CC2C(=O)C(C)(C)OC2(C)C)CC1OC. The van der Waals surface area contributed by atoms with Gasteiger partial charge in [0.05, 0.1) is 23.7 Å². The summed E-state index contributed by atoms with van der Waals surface area (Å²) in [6.07, 6.45) is 0.155. The fourth-order valence-electron chi connectivity index (χ4n) is 3.50. The lowest BCUT2D eigenvalue weighted by Gasteiger charge is -2.28. The fourth-order valence-corrected chi connectivity index (χ4v) is 3.50. The van der Waals surface area contributed by atoms with E-state index in [4.69, 9.17) is 14.2 Å². The molecule has 5 heteroatoms. The summed E-state index contributed by atoms with van der Waals surface area (Å²) >= 11 is 0. The van der Waals surface area contributed by atoms with E-state index in [1.54, 1.807) is 14.2 Å². The number of ketones is 1. The first-order valence-electron chi connectivity index (χ1n) is 7.23. The van der Waals surface area contributed by atoms with Crippen LogP contribution in [0.5, 0.6) is 0 Å². The van der Waals surface area contributed by atoms with Crippen LogP contribution in [-0.4, -0.2) is 67.9 Å². The maximum atomic E-state index is 12.5. The number of hydrogen-bond donors (Lipinski definition) is 0. The second-order valence-corrected chi connectivity index (χ2v) is 6.90. The molecule has 0 bridgehead atoms. The van der Waals surface area contributed by atoms with Crippen molar-refractivity contribution in [3.63, 3.8) is 0 Å². The Morgan fingerprint density at radius 3 is 2.00 bits per heavy atom. The van der Waals surface area contributed by atoms with Crippen molar-refractivity contribution in [1.82, 2.24) is 4.90 Å². The van der Waals surface area contributed by atoms with Crippen molar-refractivity contribution in [2.45, 2.75) is 51.1 Å². The zero-order valence-electron chi connectivity index (χ0n) is 13.4. The molecule has 3 atom stereocenters. The van der Waals surface area contributed by atoms with Gasteiger partial charge in [0, 0.05) is 33.9 Å². The highest BCUT2D eigenvalue weighted by molar-refractivity contribution is 5.91. The minimum absolute atomic E-state index is 0.0774. The Balaban J connectivity index is 2.05. The maximum Gasteiger partial charge on any atom is 0.171 e. The quantitative estimate of drug-likeness (QED) is 0.774. The van der Waals surface area contributed by atoms with E-state index in [1.165, 1.54) is 0 Å². The van der Waals surface area contributed by atoms with Crippen LogP contribution in [0.2, 0.25) is 0 Å². The summed E-state index contributed by atoms with van der Waals surface area (Å²) in [6.45, 7) is 10.0. The zero-order chi connectivity index (χ0) is 15.1. The lowest BCUT2D eigenvalue weighted by molar-refractivity contribution is -0.132. The Bertz CT molecular complexity index is 368. The molecule has 2 aliphatic rings. The van der Waals surface area contributed by atoms with Crippen LogP contribution in [0.1, 0.15) is 27.7 Å². The van der Waals surface area contributed by atoms with Gasteiger partial charge in [0.1, 0.15) is 5.60 Å². The van der Waals surface area contributed by atoms with Crippen LogP contribution in [0.25, 0.3) is 0 Å². The number of hydrogen-bond acceptors (Lipinski definition) is 5. The summed E-state index contributed by atoms with van der Waals surface area (Å²) in [5.41, 5.74) is -1.11. The molecule has 2 fully saturated rings. The van der Waals surface area contributed by atoms with Crippen LogP contribution in [0.3, 0.4) is 0 Å². The topological polar surface area (TPSA) is 48.0 Å². The van der Waals surface area contributed by atoms with Crippen molar-refractivity contribution < 1.29 is 19.0 Å². The van der Waals surface area contributed by atoms with Crippen LogP contribution in [0, 0.1) is 5.92 Å². The number of Topliss-reactive ketones (excluding diaryl/α,β-unsaturated/α-hetero) is 1. The molecule has 2 heterocycles. The van der Waals surface area contributed by atoms with Crippen molar-refractivity contribution in [1.29, 1.82) is 0 Å². The lowest BCUT2D eigenvalue weighted by Crippen LogP contribution is -2.40. The van der Waals surface area contributed by atoms with Crippen molar-refractivity contribution in [2.24, 2.45) is 5.92 Å². The van der Waals surface area contributed by atoms with Gasteiger partial charge in [0.2, 0.25) is 0 Å². The number of carbonyl (C=O) groups excluding carboxylic acids is 1. The molecule has 2 saturated heterocycles. The molecule has 0 aromatic heterocycles. The smallest absolute Gasteiger partial charge is 0.171 e. The Kier molecular flexibility index (Phi) is 4.27. The minimum Gasteiger partial charge on any atom is -0.377 e. The van der Waals surface area contributed by atoms with Crippen molar-refractivity contribution in [2.75, 3.05) is 33.9 Å². The first kappa shape index (κ1) is 15.9. The largest absolute Gasteiger partial charge is 0.377 e. The second kappa shape index (κ2) is 5.37. The predicted octanol–water partition coefficient (Wildman–Crippen LogP) is 1.10. The molecule has 0 aromatic carbocycles. The Morgan fingerprint density at radius 2 is 1.65 bits per heavy atom. The second-order valence-electron chi connectivity index (χ2n) is 6.90. The van der Waals surface area contributed by atoms with Gasteiger partial charge in [-0.3, -0.25) is 9.69 Å². The summed E-state index contributed by atoms with van der Waals surface area (Å²) in [7, 11) is 3.41. The molecule has 0 aromatic rings. The monoisotopic (exact) mass is 285 g/mol. The maximum absolute atomic E-state index is 12.5. The van der Waals surface area contributed by atoms with Crippen LogP contribution >= 0.6 is 0 Å². The first-order valence-corrected chi connectivity index (χ1v) is 7.23. The fraction of sp³-hybridized carbons (Fsp3) is 0.933. The molecule has 0 amide bonds. The summed E-state index contributed by atoms with van der Waals surface area (Å²) in [5.74, 6) is 0.0861. The third kappa shape index (κ3) is 2.77. The molecule has 3 unspecified atom stereocenters. The van der Waals surface area contributed by atoms with Gasteiger partial charge in [0.15, 0.2) is 5.78 Å². The molecule has 5 nitrogen and oxygen atoms in total. The van der Waals surface area contributed by atoms with Crippen molar-refractivity contribution >= 4 is 5.78 Å². The zero-order valence-corrected chi connectivity index (χ0v) is 13.4. The normalized spacial score (nSPS) is 36.7. The Hall–Kier alpha value is -0.490. The number of methoxy groups -OCH3 is 2. The molecule has 0 N–H and O–H groups in total. The van der Waals surface area contributed by atoms with E-state index >= 15 is 0 Å². The van der Waals surface area contributed by atoms with Gasteiger partial charge >= 0.3 is 0 Å². The van der Waals surface area contributed by atoms with Gasteiger partial charge in [0.25, 0.3) is 0 Å². The van der Waals surface area contributed by atoms with Gasteiger partial charge in [-0.15, -0.1) is 0 Å². The van der Waals surface area contributed by atoms with E-state index in [9.17, 15) is 4.79 Å². The van der Waals surface area contributed by atoms with Crippen LogP contribution in [0.4, 0.5) is 0 Å². The molecule has 2 rings (SSSR count). The molecule has 20 heavy (non-hydrogen) atoms. The van der Waals surface area contributed by atoms with Gasteiger partial charge in [-0.05, 0) is 27.7 Å². The summed E-state index contributed by atoms with van der Waals surface area (Å²) in [6, 6.07) is 0. The molecule has 0 radical (unpaired) electrons. The highest BCUT2D eigenvalue weighted by Crippen LogP contribution is 2.39. The lowest BCUT2D eigenvalue weighted by atomic mass is 9.85. The van der Waals surface area contributed by atoms with Crippen LogP contribution in [0.15, 0.2) is 0 Å². The summed E-state index contributed by atoms with van der Waals surface area (Å²) in [5, 5.41) is 0. The third-order valence-electron chi connectivity index (χ3n) is 4.60. The molecule has 0 saturated carbocycles. The van der Waals surface area contributed by atoms with Gasteiger partial charge in [-0.2, -0.15) is 0 Å². The van der Waals surface area contributed by atoms with E-state index in [0.717, 1.165) is 13.1 Å². The number of ether oxygens (including phenoxy) is 3. The highest BCUT2D eigenvalue weighted by atomic mass is 16.5.